The number of fused-ring (bicyclic) bond motifs is 1. The molecule has 0 saturated heterocycles. The van der Waals surface area contributed by atoms with E-state index >= 15 is 0 Å². The Morgan fingerprint density at radius 2 is 1.27 bits per heavy atom. The zero-order chi connectivity index (χ0) is 19.2. The Balaban J connectivity index is 2.52. The van der Waals surface area contributed by atoms with Crippen LogP contribution in [0.2, 0.25) is 0 Å². The number of hydrogen-bond donors (Lipinski definition) is 0. The Morgan fingerprint density at radius 1 is 0.692 bits per heavy atom. The first-order chi connectivity index (χ1) is 12.3. The van der Waals surface area contributed by atoms with Crippen LogP contribution in [0.1, 0.15) is 76.3 Å². The predicted molar refractivity (Wildman–Crippen MR) is 131 cm³/mol. The predicted octanol–water partition coefficient (Wildman–Crippen LogP) is 9.89. The molecule has 0 N–H and O–H groups in total. The van der Waals surface area contributed by atoms with Crippen LogP contribution in [0.25, 0.3) is 10.8 Å². The van der Waals surface area contributed by atoms with Crippen LogP contribution in [0.4, 0.5) is 0 Å². The molecule has 0 aliphatic rings. The largest absolute Gasteiger partial charge is 0.106 e. The van der Waals surface area contributed by atoms with Crippen LogP contribution in [0.5, 0.6) is 0 Å². The summed E-state index contributed by atoms with van der Waals surface area (Å²) in [6.07, 6.45) is 9.50. The van der Waals surface area contributed by atoms with E-state index in [1.807, 2.05) is 0 Å². The van der Waals surface area contributed by atoms with Gasteiger partial charge in [0.05, 0.1) is 0 Å². The normalized spacial score (nSPS) is 12.7. The van der Waals surface area contributed by atoms with Gasteiger partial charge in [-0.1, -0.05) is 152 Å². The lowest BCUT2D eigenvalue weighted by atomic mass is 9.91. The molecule has 0 bridgehead atoms. The third kappa shape index (κ3) is 5.81. The maximum Gasteiger partial charge on any atom is 0.106 e. The monoisotopic (exact) mass is 608 g/mol. The average molecular weight is 612 g/mol. The molecule has 26 heavy (non-hydrogen) atoms. The molecule has 0 amide bonds. The second-order valence-electron chi connectivity index (χ2n) is 7.03. The molecule has 2 aromatic carbocycles. The molecule has 0 aromatic heterocycles. The topological polar surface area (TPSA) is 0 Å². The molecule has 2 rings (SSSR count). The zero-order valence-corrected chi connectivity index (χ0v) is 22.0. The molecule has 0 unspecified atom stereocenters. The molecule has 0 fully saturated rings. The zero-order valence-electron chi connectivity index (χ0n) is 15.6. The molecule has 4 heteroatoms. The number of unbranched alkanes of at least 4 members (excludes halogenated alkanes) is 4. The van der Waals surface area contributed by atoms with Gasteiger partial charge in [0, 0.05) is 0 Å². The first-order valence-corrected chi connectivity index (χ1v) is 12.8. The van der Waals surface area contributed by atoms with Crippen LogP contribution in [-0.4, -0.2) is 0 Å². The van der Waals surface area contributed by atoms with E-state index in [0.717, 1.165) is 12.8 Å². The van der Waals surface area contributed by atoms with Crippen LogP contribution in [0.15, 0.2) is 36.4 Å². The molecule has 0 spiro atoms. The van der Waals surface area contributed by atoms with Crippen LogP contribution >= 0.6 is 63.7 Å². The van der Waals surface area contributed by atoms with Crippen molar-refractivity contribution in [3.05, 3.63) is 47.5 Å². The minimum Gasteiger partial charge on any atom is -0.0674 e. The van der Waals surface area contributed by atoms with Gasteiger partial charge in [0.15, 0.2) is 0 Å². The lowest BCUT2D eigenvalue weighted by Crippen LogP contribution is -2.19. The first kappa shape index (κ1) is 22.9. The van der Waals surface area contributed by atoms with Gasteiger partial charge in [0.1, 0.15) is 6.47 Å². The van der Waals surface area contributed by atoms with E-state index in [4.69, 9.17) is 0 Å². The first-order valence-electron chi connectivity index (χ1n) is 9.62. The highest BCUT2D eigenvalue weighted by molar-refractivity contribution is 9.25. The fourth-order valence-corrected chi connectivity index (χ4v) is 6.06. The van der Waals surface area contributed by atoms with Gasteiger partial charge in [-0.3, -0.25) is 0 Å². The second-order valence-corrected chi connectivity index (χ2v) is 14.6. The lowest BCUT2D eigenvalue weighted by molar-refractivity contribution is 0.629. The number of hydrogen-bond acceptors (Lipinski definition) is 0. The maximum atomic E-state index is 4.04. The Kier molecular flexibility index (Phi) is 9.17. The quantitative estimate of drug-likeness (QED) is 0.185. The molecule has 0 aliphatic carbocycles. The molecular weight excluding hydrogens is 584 g/mol. The van der Waals surface area contributed by atoms with Gasteiger partial charge in [-0.15, -0.1) is 0 Å². The van der Waals surface area contributed by atoms with Crippen LogP contribution in [0.3, 0.4) is 0 Å². The number of benzene rings is 2. The van der Waals surface area contributed by atoms with E-state index in [9.17, 15) is 0 Å². The average Bonchev–Trinajstić information content (AvgIpc) is 2.61. The molecule has 2 aromatic rings. The molecule has 0 aliphatic heterocycles. The van der Waals surface area contributed by atoms with Gasteiger partial charge >= 0.3 is 0 Å². The Labute approximate surface area is 192 Å². The smallest absolute Gasteiger partial charge is 0.0674 e. The lowest BCUT2D eigenvalue weighted by Gasteiger charge is -2.32. The minimum absolute atomic E-state index is 0.202. The van der Waals surface area contributed by atoms with E-state index in [1.54, 1.807) is 0 Å². The Bertz CT molecular complexity index is 706. The summed E-state index contributed by atoms with van der Waals surface area (Å²) in [6.45, 7) is 4.50. The van der Waals surface area contributed by atoms with E-state index in [1.165, 1.54) is 60.4 Å². The van der Waals surface area contributed by atoms with E-state index in [2.05, 4.69) is 114 Å². The van der Waals surface area contributed by atoms with Gasteiger partial charge in [-0.25, -0.2) is 0 Å². The van der Waals surface area contributed by atoms with Crippen LogP contribution in [-0.2, 0) is 6.47 Å². The third-order valence-corrected chi connectivity index (χ3v) is 8.11. The molecule has 0 nitrogen and oxygen atoms in total. The number of rotatable bonds is 10. The van der Waals surface area contributed by atoms with Crippen molar-refractivity contribution in [2.75, 3.05) is 0 Å². The molecule has 144 valence electrons. The highest BCUT2D eigenvalue weighted by Gasteiger charge is 2.36. The summed E-state index contributed by atoms with van der Waals surface area (Å²) in [5.74, 6) is 0. The standard InChI is InChI=1S/C22H28Br4/c1-3-5-9-15-21(23,24)19-14-13-17-11-7-8-12-18(17)20(19)22(25,26)16-10-6-4-2/h7-8,11-14H,3-6,9-10,15-16H2,1-2H3. The fraction of sp³-hybridized carbons (Fsp3) is 0.545. The maximum absolute atomic E-state index is 4.04. The summed E-state index contributed by atoms with van der Waals surface area (Å²) in [5.41, 5.74) is 2.66. The summed E-state index contributed by atoms with van der Waals surface area (Å²) in [5, 5.41) is 2.60. The molecule has 0 saturated carbocycles. The molecular formula is C22H28Br4. The van der Waals surface area contributed by atoms with Gasteiger partial charge in [0.2, 0.25) is 0 Å². The van der Waals surface area contributed by atoms with Crippen molar-refractivity contribution in [3.8, 4) is 0 Å². The highest BCUT2D eigenvalue weighted by atomic mass is 79.9. The van der Waals surface area contributed by atoms with Crippen molar-refractivity contribution in [1.82, 2.24) is 0 Å². The van der Waals surface area contributed by atoms with Crippen molar-refractivity contribution >= 4 is 74.5 Å². The van der Waals surface area contributed by atoms with Gasteiger partial charge in [0.25, 0.3) is 0 Å². The van der Waals surface area contributed by atoms with Crippen molar-refractivity contribution in [2.45, 2.75) is 71.7 Å². The summed E-state index contributed by atoms with van der Waals surface area (Å²) < 4.78 is -0.422. The van der Waals surface area contributed by atoms with Crippen molar-refractivity contribution in [1.29, 1.82) is 0 Å². The molecule has 0 radical (unpaired) electrons. The second kappa shape index (κ2) is 10.4. The van der Waals surface area contributed by atoms with Gasteiger partial charge in [-0.2, -0.15) is 0 Å². The van der Waals surface area contributed by atoms with Crippen LogP contribution in [0, 0.1) is 0 Å². The third-order valence-electron chi connectivity index (χ3n) is 4.88. The highest BCUT2D eigenvalue weighted by Crippen LogP contribution is 2.53. The summed E-state index contributed by atoms with van der Waals surface area (Å²) >= 11 is 16.1. The number of halogens is 4. The van der Waals surface area contributed by atoms with E-state index in [0.29, 0.717) is 0 Å². The Hall–Kier alpha value is 0.620. The summed E-state index contributed by atoms with van der Waals surface area (Å²) in [4.78, 5) is 0. The van der Waals surface area contributed by atoms with Crippen molar-refractivity contribution < 1.29 is 0 Å². The SMILES string of the molecule is CCCCCC(Br)(Br)c1ccc2ccccc2c1C(Br)(Br)CCCCC. The summed E-state index contributed by atoms with van der Waals surface area (Å²) in [7, 11) is 0. The number of alkyl halides is 4. The van der Waals surface area contributed by atoms with E-state index in [-0.39, 0.29) is 6.47 Å². The van der Waals surface area contributed by atoms with Crippen molar-refractivity contribution in [2.24, 2.45) is 0 Å². The van der Waals surface area contributed by atoms with Crippen LogP contribution < -0.4 is 0 Å². The van der Waals surface area contributed by atoms with Gasteiger partial charge < -0.3 is 0 Å². The Morgan fingerprint density at radius 3 is 1.88 bits per heavy atom. The summed E-state index contributed by atoms with van der Waals surface area (Å²) in [6, 6.07) is 13.2. The fourth-order valence-electron chi connectivity index (χ4n) is 3.42. The van der Waals surface area contributed by atoms with E-state index < -0.39 is 0 Å². The minimum atomic E-state index is -0.219. The van der Waals surface area contributed by atoms with Crippen molar-refractivity contribution in [3.63, 3.8) is 0 Å². The van der Waals surface area contributed by atoms with Gasteiger partial charge in [-0.05, 0) is 34.7 Å². The molecule has 0 atom stereocenters. The molecule has 0 heterocycles.